The number of aryl methyl sites for hydroxylation is 1. The Balaban J connectivity index is 2.03. The minimum Gasteiger partial charge on any atom is -0.397 e. The first-order valence-corrected chi connectivity index (χ1v) is 5.85. The molecule has 1 aliphatic rings. The molecule has 1 aromatic heterocycles. The van der Waals surface area contributed by atoms with Gasteiger partial charge in [-0.25, -0.2) is 4.98 Å². The predicted octanol–water partition coefficient (Wildman–Crippen LogP) is 1.21. The van der Waals surface area contributed by atoms with Crippen LogP contribution in [0.25, 0.3) is 0 Å². The van der Waals surface area contributed by atoms with Gasteiger partial charge in [-0.2, -0.15) is 0 Å². The molecule has 1 amide bonds. The molecule has 0 atom stereocenters. The highest BCUT2D eigenvalue weighted by Crippen LogP contribution is 2.34. The standard InChI is InChI=1S/C13H14N4O/c1-16-8-6-15-12(16)13(18)17-7-5-9-3-2-4-10(14)11(9)17/h2-4,6,8H,5,7,14H2,1H3. The van der Waals surface area contributed by atoms with Gasteiger partial charge in [0.1, 0.15) is 0 Å². The maximum absolute atomic E-state index is 12.4. The molecule has 1 aromatic carbocycles. The van der Waals surface area contributed by atoms with E-state index in [9.17, 15) is 4.79 Å². The number of hydrogen-bond acceptors (Lipinski definition) is 3. The molecule has 2 heterocycles. The summed E-state index contributed by atoms with van der Waals surface area (Å²) in [5.74, 6) is 0.338. The first kappa shape index (κ1) is 10.8. The third-order valence-electron chi connectivity index (χ3n) is 3.28. The summed E-state index contributed by atoms with van der Waals surface area (Å²) in [5, 5.41) is 0. The van der Waals surface area contributed by atoms with E-state index in [1.54, 1.807) is 21.9 Å². The highest BCUT2D eigenvalue weighted by atomic mass is 16.2. The summed E-state index contributed by atoms with van der Waals surface area (Å²) in [6, 6.07) is 5.75. The smallest absolute Gasteiger partial charge is 0.294 e. The van der Waals surface area contributed by atoms with Gasteiger partial charge in [-0.3, -0.25) is 4.79 Å². The van der Waals surface area contributed by atoms with Crippen molar-refractivity contribution in [1.82, 2.24) is 9.55 Å². The average molecular weight is 242 g/mol. The normalized spacial score (nSPS) is 13.7. The van der Waals surface area contributed by atoms with Crippen molar-refractivity contribution < 1.29 is 4.79 Å². The zero-order chi connectivity index (χ0) is 12.7. The highest BCUT2D eigenvalue weighted by molar-refractivity contribution is 6.07. The van der Waals surface area contributed by atoms with Crippen molar-refractivity contribution in [3.63, 3.8) is 0 Å². The molecule has 0 saturated carbocycles. The lowest BCUT2D eigenvalue weighted by Crippen LogP contribution is -2.31. The number of amides is 1. The molecule has 5 heteroatoms. The second kappa shape index (κ2) is 3.87. The summed E-state index contributed by atoms with van der Waals surface area (Å²) in [6.07, 6.45) is 4.23. The molecule has 0 radical (unpaired) electrons. The summed E-state index contributed by atoms with van der Waals surface area (Å²) in [6.45, 7) is 0.662. The fraction of sp³-hybridized carbons (Fsp3) is 0.231. The van der Waals surface area contributed by atoms with Crippen LogP contribution in [-0.2, 0) is 13.5 Å². The Bertz CT molecular complexity index is 617. The van der Waals surface area contributed by atoms with Crippen molar-refractivity contribution in [2.75, 3.05) is 17.2 Å². The Labute approximate surface area is 105 Å². The number of anilines is 2. The molecule has 5 nitrogen and oxygen atoms in total. The number of imidazole rings is 1. The second-order valence-electron chi connectivity index (χ2n) is 4.42. The van der Waals surface area contributed by atoms with Gasteiger partial charge in [-0.1, -0.05) is 12.1 Å². The molecule has 0 fully saturated rings. The quantitative estimate of drug-likeness (QED) is 0.764. The molecular formula is C13H14N4O. The number of aromatic nitrogens is 2. The molecule has 2 N–H and O–H groups in total. The fourth-order valence-electron chi connectivity index (χ4n) is 2.38. The van der Waals surface area contributed by atoms with Crippen LogP contribution < -0.4 is 10.6 Å². The first-order chi connectivity index (χ1) is 8.68. The molecule has 0 spiro atoms. The monoisotopic (exact) mass is 242 g/mol. The van der Waals surface area contributed by atoms with E-state index in [2.05, 4.69) is 4.98 Å². The number of rotatable bonds is 1. The SMILES string of the molecule is Cn1ccnc1C(=O)N1CCc2cccc(N)c21. The Morgan fingerprint density at radius 3 is 3.00 bits per heavy atom. The Hall–Kier alpha value is -2.30. The highest BCUT2D eigenvalue weighted by Gasteiger charge is 2.29. The van der Waals surface area contributed by atoms with Crippen LogP contribution in [0.5, 0.6) is 0 Å². The lowest BCUT2D eigenvalue weighted by molar-refractivity contribution is 0.0976. The number of nitrogen functional groups attached to an aromatic ring is 1. The van der Waals surface area contributed by atoms with E-state index in [-0.39, 0.29) is 5.91 Å². The minimum atomic E-state index is -0.0980. The third kappa shape index (κ3) is 1.48. The summed E-state index contributed by atoms with van der Waals surface area (Å²) >= 11 is 0. The number of fused-ring (bicyclic) bond motifs is 1. The molecule has 1 aliphatic heterocycles. The first-order valence-electron chi connectivity index (χ1n) is 5.85. The molecular weight excluding hydrogens is 228 g/mol. The Morgan fingerprint density at radius 2 is 2.28 bits per heavy atom. The Morgan fingerprint density at radius 1 is 1.44 bits per heavy atom. The predicted molar refractivity (Wildman–Crippen MR) is 69.4 cm³/mol. The van der Waals surface area contributed by atoms with Crippen LogP contribution in [0.3, 0.4) is 0 Å². The minimum absolute atomic E-state index is 0.0980. The Kier molecular flexibility index (Phi) is 2.33. The van der Waals surface area contributed by atoms with E-state index in [0.29, 0.717) is 18.1 Å². The van der Waals surface area contributed by atoms with Crippen LogP contribution in [0, 0.1) is 0 Å². The van der Waals surface area contributed by atoms with Crippen molar-refractivity contribution >= 4 is 17.3 Å². The van der Waals surface area contributed by atoms with Crippen LogP contribution in [0.1, 0.15) is 16.2 Å². The maximum atomic E-state index is 12.4. The number of nitrogens with zero attached hydrogens (tertiary/aromatic N) is 3. The molecule has 92 valence electrons. The lowest BCUT2D eigenvalue weighted by Gasteiger charge is -2.18. The summed E-state index contributed by atoms with van der Waals surface area (Å²) < 4.78 is 1.72. The summed E-state index contributed by atoms with van der Waals surface area (Å²) in [4.78, 5) is 18.2. The number of benzene rings is 1. The molecule has 0 unspecified atom stereocenters. The third-order valence-corrected chi connectivity index (χ3v) is 3.28. The lowest BCUT2D eigenvalue weighted by atomic mass is 10.1. The average Bonchev–Trinajstić information content (AvgIpc) is 2.95. The molecule has 18 heavy (non-hydrogen) atoms. The van der Waals surface area contributed by atoms with Crippen molar-refractivity contribution in [2.24, 2.45) is 7.05 Å². The molecule has 0 bridgehead atoms. The van der Waals surface area contributed by atoms with Gasteiger partial charge >= 0.3 is 0 Å². The van der Waals surface area contributed by atoms with Crippen LogP contribution in [-0.4, -0.2) is 22.0 Å². The number of para-hydroxylation sites is 1. The van der Waals surface area contributed by atoms with Crippen LogP contribution in [0.15, 0.2) is 30.6 Å². The van der Waals surface area contributed by atoms with E-state index >= 15 is 0 Å². The van der Waals surface area contributed by atoms with Crippen molar-refractivity contribution in [3.05, 3.63) is 42.0 Å². The molecule has 2 aromatic rings. The molecule has 0 saturated heterocycles. The van der Waals surface area contributed by atoms with Gasteiger partial charge in [0, 0.05) is 26.0 Å². The van der Waals surface area contributed by atoms with Gasteiger partial charge in [0.15, 0.2) is 5.82 Å². The largest absolute Gasteiger partial charge is 0.397 e. The van der Waals surface area contributed by atoms with E-state index < -0.39 is 0 Å². The van der Waals surface area contributed by atoms with Gasteiger partial charge in [0.2, 0.25) is 0 Å². The van der Waals surface area contributed by atoms with Crippen molar-refractivity contribution in [3.8, 4) is 0 Å². The topological polar surface area (TPSA) is 64.2 Å². The van der Waals surface area contributed by atoms with Crippen LogP contribution >= 0.6 is 0 Å². The zero-order valence-electron chi connectivity index (χ0n) is 10.1. The van der Waals surface area contributed by atoms with Gasteiger partial charge in [-0.05, 0) is 18.1 Å². The zero-order valence-corrected chi connectivity index (χ0v) is 10.1. The fourth-order valence-corrected chi connectivity index (χ4v) is 2.38. The van der Waals surface area contributed by atoms with Gasteiger partial charge in [0.05, 0.1) is 11.4 Å². The molecule has 0 aliphatic carbocycles. The summed E-state index contributed by atoms with van der Waals surface area (Å²) in [7, 11) is 1.81. The second-order valence-corrected chi connectivity index (χ2v) is 4.42. The van der Waals surface area contributed by atoms with Crippen molar-refractivity contribution in [1.29, 1.82) is 0 Å². The van der Waals surface area contributed by atoms with E-state index in [1.165, 1.54) is 0 Å². The van der Waals surface area contributed by atoms with Gasteiger partial charge in [-0.15, -0.1) is 0 Å². The summed E-state index contributed by atoms with van der Waals surface area (Å²) in [5.41, 5.74) is 8.58. The number of nitrogens with two attached hydrogens (primary N) is 1. The number of carbonyl (C=O) groups is 1. The van der Waals surface area contributed by atoms with Crippen LogP contribution in [0.2, 0.25) is 0 Å². The van der Waals surface area contributed by atoms with Crippen LogP contribution in [0.4, 0.5) is 11.4 Å². The van der Waals surface area contributed by atoms with E-state index in [1.807, 2.05) is 25.2 Å². The number of hydrogen-bond donors (Lipinski definition) is 1. The van der Waals surface area contributed by atoms with E-state index in [0.717, 1.165) is 17.7 Å². The van der Waals surface area contributed by atoms with E-state index in [4.69, 9.17) is 5.73 Å². The maximum Gasteiger partial charge on any atom is 0.294 e. The van der Waals surface area contributed by atoms with Gasteiger partial charge in [0.25, 0.3) is 5.91 Å². The van der Waals surface area contributed by atoms with Gasteiger partial charge < -0.3 is 15.2 Å². The van der Waals surface area contributed by atoms with Crippen molar-refractivity contribution in [2.45, 2.75) is 6.42 Å². The molecule has 3 rings (SSSR count). The number of carbonyl (C=O) groups excluding carboxylic acids is 1.